The number of anilines is 2. The third-order valence-corrected chi connectivity index (χ3v) is 6.78. The predicted molar refractivity (Wildman–Crippen MR) is 125 cm³/mol. The highest BCUT2D eigenvalue weighted by molar-refractivity contribution is 6.05. The lowest BCUT2D eigenvalue weighted by Crippen LogP contribution is -2.38. The molecule has 2 aromatic carbocycles. The molecule has 1 N–H and O–H groups in total. The van der Waals surface area contributed by atoms with Crippen molar-refractivity contribution in [3.05, 3.63) is 59.2 Å². The Bertz CT molecular complexity index is 1170. The molecule has 0 atom stereocenters. The number of hydrogen-bond acceptors (Lipinski definition) is 3. The number of nitrogens with one attached hydrogen (secondary N) is 1. The van der Waals surface area contributed by atoms with Gasteiger partial charge in [0.25, 0.3) is 0 Å². The molecule has 0 aromatic heterocycles. The zero-order valence-electron chi connectivity index (χ0n) is 19.4. The Kier molecular flexibility index (Phi) is 6.18. The molecular formula is C26H27F3N2O3. The average Bonchev–Trinajstić information content (AvgIpc) is 2.80. The largest absolute Gasteiger partial charge is 0.486 e. The molecule has 0 fully saturated rings. The van der Waals surface area contributed by atoms with Crippen molar-refractivity contribution in [1.29, 1.82) is 0 Å². The van der Waals surface area contributed by atoms with E-state index in [1.54, 1.807) is 24.1 Å². The molecule has 0 saturated heterocycles. The predicted octanol–water partition coefficient (Wildman–Crippen LogP) is 5.98. The topological polar surface area (TPSA) is 58.6 Å². The van der Waals surface area contributed by atoms with Gasteiger partial charge >= 0.3 is 6.18 Å². The van der Waals surface area contributed by atoms with E-state index in [2.05, 4.69) is 5.32 Å². The Balaban J connectivity index is 1.65. The van der Waals surface area contributed by atoms with Crippen LogP contribution < -0.4 is 15.0 Å². The van der Waals surface area contributed by atoms with Gasteiger partial charge in [0.05, 0.1) is 5.56 Å². The number of amides is 2. The SMILES string of the molecule is CCC1(CC)CC(=CC(=O)Nc2ccc3c(c2)N(C)C(=O)CC3)c2ccc(C(F)(F)F)cc2O1. The van der Waals surface area contributed by atoms with Crippen LogP contribution in [0.5, 0.6) is 5.75 Å². The van der Waals surface area contributed by atoms with Crippen LogP contribution in [0.4, 0.5) is 24.5 Å². The zero-order chi connectivity index (χ0) is 24.7. The van der Waals surface area contributed by atoms with E-state index in [0.29, 0.717) is 48.9 Å². The molecule has 34 heavy (non-hydrogen) atoms. The van der Waals surface area contributed by atoms with Gasteiger partial charge in [0.15, 0.2) is 0 Å². The lowest BCUT2D eigenvalue weighted by molar-refractivity contribution is -0.137. The van der Waals surface area contributed by atoms with Crippen LogP contribution in [0.3, 0.4) is 0 Å². The van der Waals surface area contributed by atoms with Gasteiger partial charge in [-0.25, -0.2) is 0 Å². The molecule has 0 bridgehead atoms. The highest BCUT2D eigenvalue weighted by Crippen LogP contribution is 2.45. The molecule has 2 amide bonds. The smallest absolute Gasteiger partial charge is 0.416 e. The van der Waals surface area contributed by atoms with E-state index in [0.717, 1.165) is 23.4 Å². The minimum absolute atomic E-state index is 0.0191. The van der Waals surface area contributed by atoms with Crippen molar-refractivity contribution in [2.24, 2.45) is 0 Å². The number of rotatable bonds is 4. The molecule has 2 aliphatic heterocycles. The molecule has 2 aromatic rings. The summed E-state index contributed by atoms with van der Waals surface area (Å²) in [5, 5.41) is 2.83. The van der Waals surface area contributed by atoms with Gasteiger partial charge in [-0.1, -0.05) is 26.0 Å². The first-order chi connectivity index (χ1) is 16.0. The van der Waals surface area contributed by atoms with E-state index in [1.165, 1.54) is 12.1 Å². The number of nitrogens with zero attached hydrogens (tertiary/aromatic N) is 1. The molecule has 4 rings (SSSR count). The maximum atomic E-state index is 13.3. The van der Waals surface area contributed by atoms with Crippen molar-refractivity contribution in [2.45, 2.75) is 57.7 Å². The summed E-state index contributed by atoms with van der Waals surface area (Å²) in [7, 11) is 1.71. The van der Waals surface area contributed by atoms with Crippen LogP contribution in [0.25, 0.3) is 5.57 Å². The van der Waals surface area contributed by atoms with Crippen molar-refractivity contribution in [2.75, 3.05) is 17.3 Å². The number of fused-ring (bicyclic) bond motifs is 2. The number of alkyl halides is 3. The third kappa shape index (κ3) is 4.54. The van der Waals surface area contributed by atoms with Crippen LogP contribution in [-0.4, -0.2) is 24.5 Å². The van der Waals surface area contributed by atoms with Gasteiger partial charge in [-0.15, -0.1) is 0 Å². The Hall–Kier alpha value is -3.29. The van der Waals surface area contributed by atoms with E-state index < -0.39 is 23.2 Å². The van der Waals surface area contributed by atoms with Crippen LogP contribution in [0.1, 0.15) is 56.2 Å². The number of benzene rings is 2. The first kappa shape index (κ1) is 23.9. The van der Waals surface area contributed by atoms with Gasteiger partial charge in [-0.05, 0) is 54.7 Å². The van der Waals surface area contributed by atoms with Crippen LogP contribution >= 0.6 is 0 Å². The first-order valence-electron chi connectivity index (χ1n) is 11.4. The van der Waals surface area contributed by atoms with E-state index in [-0.39, 0.29) is 11.7 Å². The van der Waals surface area contributed by atoms with Crippen LogP contribution in [0, 0.1) is 0 Å². The number of carbonyl (C=O) groups is 2. The molecule has 180 valence electrons. The van der Waals surface area contributed by atoms with Gasteiger partial charge in [-0.3, -0.25) is 9.59 Å². The summed E-state index contributed by atoms with van der Waals surface area (Å²) in [4.78, 5) is 26.5. The highest BCUT2D eigenvalue weighted by atomic mass is 19.4. The van der Waals surface area contributed by atoms with Gasteiger partial charge in [0.1, 0.15) is 11.4 Å². The van der Waals surface area contributed by atoms with Gasteiger partial charge in [0.2, 0.25) is 11.8 Å². The molecule has 2 heterocycles. The summed E-state index contributed by atoms with van der Waals surface area (Å²) in [5.41, 5.74) is 1.97. The summed E-state index contributed by atoms with van der Waals surface area (Å²) in [6.45, 7) is 3.84. The fourth-order valence-electron chi connectivity index (χ4n) is 4.58. The molecular weight excluding hydrogens is 445 g/mol. The average molecular weight is 473 g/mol. The Labute approximate surface area is 196 Å². The van der Waals surface area contributed by atoms with Crippen molar-refractivity contribution in [3.8, 4) is 5.75 Å². The van der Waals surface area contributed by atoms with Gasteiger partial charge in [0, 0.05) is 42.9 Å². The summed E-state index contributed by atoms with van der Waals surface area (Å²) in [6, 6.07) is 8.83. The molecule has 5 nitrogen and oxygen atoms in total. The van der Waals surface area contributed by atoms with E-state index in [9.17, 15) is 22.8 Å². The fraction of sp³-hybridized carbons (Fsp3) is 0.385. The fourth-order valence-corrected chi connectivity index (χ4v) is 4.58. The molecule has 8 heteroatoms. The lowest BCUT2D eigenvalue weighted by Gasteiger charge is -2.39. The summed E-state index contributed by atoms with van der Waals surface area (Å²) < 4.78 is 45.9. The highest BCUT2D eigenvalue weighted by Gasteiger charge is 2.38. The quantitative estimate of drug-likeness (QED) is 0.557. The minimum Gasteiger partial charge on any atom is -0.486 e. The van der Waals surface area contributed by atoms with Gasteiger partial charge < -0.3 is 15.0 Å². The second kappa shape index (κ2) is 8.81. The number of halogens is 3. The van der Waals surface area contributed by atoms with Gasteiger partial charge in [-0.2, -0.15) is 13.2 Å². The number of carbonyl (C=O) groups excluding carboxylic acids is 2. The normalized spacial score (nSPS) is 18.2. The van der Waals surface area contributed by atoms with E-state index in [4.69, 9.17) is 4.74 Å². The number of aryl methyl sites for hydroxylation is 1. The maximum absolute atomic E-state index is 13.3. The Morgan fingerprint density at radius 1 is 1.15 bits per heavy atom. The van der Waals surface area contributed by atoms with E-state index in [1.807, 2.05) is 19.9 Å². The van der Waals surface area contributed by atoms with Crippen LogP contribution in [0.2, 0.25) is 0 Å². The van der Waals surface area contributed by atoms with Crippen LogP contribution in [0.15, 0.2) is 42.5 Å². The van der Waals surface area contributed by atoms with Crippen molar-refractivity contribution >= 4 is 28.8 Å². The van der Waals surface area contributed by atoms with Crippen molar-refractivity contribution in [1.82, 2.24) is 0 Å². The molecule has 0 radical (unpaired) electrons. The van der Waals surface area contributed by atoms with Crippen LogP contribution in [-0.2, 0) is 22.2 Å². The zero-order valence-corrected chi connectivity index (χ0v) is 19.4. The second-order valence-electron chi connectivity index (χ2n) is 8.83. The Morgan fingerprint density at radius 3 is 2.56 bits per heavy atom. The maximum Gasteiger partial charge on any atom is 0.416 e. The number of ether oxygens (including phenoxy) is 1. The molecule has 0 spiro atoms. The van der Waals surface area contributed by atoms with Crippen molar-refractivity contribution in [3.63, 3.8) is 0 Å². The molecule has 0 aliphatic carbocycles. The molecule has 2 aliphatic rings. The summed E-state index contributed by atoms with van der Waals surface area (Å²) in [5.74, 6) is -0.239. The van der Waals surface area contributed by atoms with Crippen molar-refractivity contribution < 1.29 is 27.5 Å². The standard InChI is InChI=1S/C26H27F3N2O3/c1-4-25(5-2)15-17(20-10-8-18(26(27,28)29)13-22(20)34-25)12-23(32)30-19-9-6-16-7-11-24(33)31(3)21(16)14-19/h6,8-10,12-14H,4-5,7,11,15H2,1-3H3,(H,30,32). The number of hydrogen-bond donors (Lipinski definition) is 1. The third-order valence-electron chi connectivity index (χ3n) is 6.78. The molecule has 0 saturated carbocycles. The monoisotopic (exact) mass is 472 g/mol. The first-order valence-corrected chi connectivity index (χ1v) is 11.4. The molecule has 0 unspecified atom stereocenters. The Morgan fingerprint density at radius 2 is 1.88 bits per heavy atom. The summed E-state index contributed by atoms with van der Waals surface area (Å²) in [6.07, 6.45) is -0.360. The summed E-state index contributed by atoms with van der Waals surface area (Å²) >= 11 is 0. The second-order valence-corrected chi connectivity index (χ2v) is 8.83. The lowest BCUT2D eigenvalue weighted by atomic mass is 9.83. The minimum atomic E-state index is -4.49. The van der Waals surface area contributed by atoms with E-state index >= 15 is 0 Å².